The van der Waals surface area contributed by atoms with Gasteiger partial charge in [-0.1, -0.05) is 59.7 Å². The van der Waals surface area contributed by atoms with Gasteiger partial charge in [0.25, 0.3) is 0 Å². The Balaban J connectivity index is 1.05. The predicted octanol–water partition coefficient (Wildman–Crippen LogP) is 7.78. The molecule has 322 valence electrons. The fourth-order valence-corrected chi connectivity index (χ4v) is 9.31. The number of alkyl carbamates (subject to hydrolysis) is 2. The summed E-state index contributed by atoms with van der Waals surface area (Å²) in [5.74, 6) is 1.98. The number of rotatable bonds is 8. The Bertz CT molecular complexity index is 2520. The maximum atomic E-state index is 14.1. The molecule has 5 aromatic rings. The highest BCUT2D eigenvalue weighted by Crippen LogP contribution is 2.44. The zero-order valence-corrected chi connectivity index (χ0v) is 36.3. The molecule has 8 rings (SSSR count). The number of hydrogen-bond acceptors (Lipinski definition) is 9. The Labute approximate surface area is 355 Å². The molecule has 0 saturated carbocycles. The summed E-state index contributed by atoms with van der Waals surface area (Å²) >= 11 is 0. The molecule has 0 bridgehead atoms. The molecule has 3 aliphatic rings. The number of fused-ring (bicyclic) bond motifs is 6. The van der Waals surface area contributed by atoms with E-state index in [0.29, 0.717) is 24.8 Å². The molecule has 4 amide bonds. The topological polar surface area (TPSA) is 184 Å². The van der Waals surface area contributed by atoms with E-state index < -0.39 is 29.7 Å². The lowest BCUT2D eigenvalue weighted by Crippen LogP contribution is -2.54. The van der Waals surface area contributed by atoms with Crippen LogP contribution in [0, 0.1) is 17.3 Å². The van der Waals surface area contributed by atoms with Crippen molar-refractivity contribution in [3.8, 4) is 28.1 Å². The predicted molar refractivity (Wildman–Crippen MR) is 230 cm³/mol. The minimum atomic E-state index is -0.775. The molecular weight excluding hydrogens is 777 g/mol. The highest BCUT2D eigenvalue weighted by atomic mass is 16.5. The van der Waals surface area contributed by atoms with Crippen LogP contribution in [0.15, 0.2) is 48.7 Å². The smallest absolute Gasteiger partial charge is 0.407 e. The molecule has 5 heterocycles. The number of methoxy groups -OCH3 is 2. The molecule has 0 spiro atoms. The maximum Gasteiger partial charge on any atom is 0.407 e. The number of H-pyrrole nitrogens is 2. The number of carbonyl (C=O) groups is 4. The molecule has 3 aromatic carbocycles. The van der Waals surface area contributed by atoms with Crippen molar-refractivity contribution < 1.29 is 33.4 Å². The Morgan fingerprint density at radius 2 is 1.64 bits per heavy atom. The molecule has 2 aromatic heterocycles. The van der Waals surface area contributed by atoms with Gasteiger partial charge >= 0.3 is 12.2 Å². The minimum Gasteiger partial charge on any atom is -0.488 e. The number of carbonyl (C=O) groups excluding carboxylic acids is 4. The van der Waals surface area contributed by atoms with Crippen molar-refractivity contribution in [1.82, 2.24) is 40.4 Å². The number of aromatic nitrogens is 4. The molecule has 15 nitrogen and oxygen atoms in total. The molecule has 61 heavy (non-hydrogen) atoms. The fourth-order valence-electron chi connectivity index (χ4n) is 9.31. The van der Waals surface area contributed by atoms with Gasteiger partial charge in [0.15, 0.2) is 0 Å². The number of hydrogen-bond donors (Lipinski definition) is 4. The molecule has 4 N–H and O–H groups in total. The molecule has 6 unspecified atom stereocenters. The molecule has 3 aliphatic heterocycles. The van der Waals surface area contributed by atoms with E-state index in [9.17, 15) is 19.2 Å². The van der Waals surface area contributed by atoms with Crippen LogP contribution in [-0.2, 0) is 25.7 Å². The van der Waals surface area contributed by atoms with Crippen molar-refractivity contribution in [2.24, 2.45) is 17.3 Å². The lowest BCUT2D eigenvalue weighted by Gasteiger charge is -2.35. The van der Waals surface area contributed by atoms with E-state index in [2.05, 4.69) is 63.9 Å². The monoisotopic (exact) mass is 832 g/mol. The zero-order valence-electron chi connectivity index (χ0n) is 36.3. The minimum absolute atomic E-state index is 0.0169. The lowest BCUT2D eigenvalue weighted by atomic mass is 9.85. The second kappa shape index (κ2) is 16.1. The summed E-state index contributed by atoms with van der Waals surface area (Å²) in [7, 11) is 2.59. The first-order chi connectivity index (χ1) is 29.1. The van der Waals surface area contributed by atoms with Gasteiger partial charge in [0, 0.05) is 23.5 Å². The largest absolute Gasteiger partial charge is 0.488 e. The van der Waals surface area contributed by atoms with Crippen molar-refractivity contribution in [3.63, 3.8) is 0 Å². The number of nitrogens with one attached hydrogen (secondary N) is 4. The Hall–Kier alpha value is -6.12. The van der Waals surface area contributed by atoms with Gasteiger partial charge in [-0.05, 0) is 89.8 Å². The molecule has 15 heteroatoms. The van der Waals surface area contributed by atoms with Crippen LogP contribution in [0.3, 0.4) is 0 Å². The Morgan fingerprint density at radius 3 is 2.36 bits per heavy atom. The van der Waals surface area contributed by atoms with Crippen molar-refractivity contribution in [2.45, 2.75) is 105 Å². The normalized spacial score (nSPS) is 20.9. The number of benzene rings is 3. The van der Waals surface area contributed by atoms with Gasteiger partial charge in [-0.15, -0.1) is 0 Å². The zero-order chi connectivity index (χ0) is 43.5. The van der Waals surface area contributed by atoms with Gasteiger partial charge in [0.05, 0.1) is 49.2 Å². The molecule has 2 fully saturated rings. The van der Waals surface area contributed by atoms with Crippen LogP contribution < -0.4 is 15.4 Å². The SMILES string of the molecule is COC(=O)NC(C(=O)N1C(C)CCC1c1ncc(-c2ccc3c(c2)COc2cc4c(ccc5[nH]c(C6CC(C)CN6C(=O)C(NC(=O)OC)C(C)(C)C)nc54)cc2-3)[nH]1)C(C)C. The van der Waals surface area contributed by atoms with Gasteiger partial charge in [-0.2, -0.15) is 0 Å². The summed E-state index contributed by atoms with van der Waals surface area (Å²) < 4.78 is 16.1. The van der Waals surface area contributed by atoms with Gasteiger partial charge in [0.1, 0.15) is 36.1 Å². The van der Waals surface area contributed by atoms with Gasteiger partial charge in [0.2, 0.25) is 11.8 Å². The summed E-state index contributed by atoms with van der Waals surface area (Å²) in [6, 6.07) is 12.6. The Morgan fingerprint density at radius 1 is 0.885 bits per heavy atom. The summed E-state index contributed by atoms with van der Waals surface area (Å²) in [6.45, 7) is 14.7. The highest BCUT2D eigenvalue weighted by Gasteiger charge is 2.44. The van der Waals surface area contributed by atoms with Crippen molar-refractivity contribution in [2.75, 3.05) is 20.8 Å². The van der Waals surface area contributed by atoms with Gasteiger partial charge < -0.3 is 44.6 Å². The maximum absolute atomic E-state index is 14.1. The molecular formula is C46H56N8O7. The molecule has 2 saturated heterocycles. The number of nitrogens with zero attached hydrogens (tertiary/aromatic N) is 4. The van der Waals surface area contributed by atoms with Crippen molar-refractivity contribution >= 4 is 45.8 Å². The van der Waals surface area contributed by atoms with Crippen LogP contribution in [0.5, 0.6) is 5.75 Å². The third-order valence-corrected chi connectivity index (χ3v) is 12.6. The first kappa shape index (κ1) is 41.6. The Kier molecular flexibility index (Phi) is 10.9. The number of amides is 4. The van der Waals surface area contributed by atoms with Crippen molar-refractivity contribution in [1.29, 1.82) is 0 Å². The van der Waals surface area contributed by atoms with Crippen LogP contribution in [-0.4, -0.2) is 92.6 Å². The highest BCUT2D eigenvalue weighted by molar-refractivity contribution is 6.07. The van der Waals surface area contributed by atoms with E-state index in [1.54, 1.807) is 0 Å². The van der Waals surface area contributed by atoms with Gasteiger partial charge in [-0.25, -0.2) is 19.6 Å². The van der Waals surface area contributed by atoms with Crippen LogP contribution >= 0.6 is 0 Å². The third kappa shape index (κ3) is 7.74. The van der Waals surface area contributed by atoms with Crippen LogP contribution in [0.1, 0.15) is 97.0 Å². The summed E-state index contributed by atoms with van der Waals surface area (Å²) in [4.78, 5) is 73.0. The van der Waals surface area contributed by atoms with Crippen molar-refractivity contribution in [3.05, 3.63) is 65.9 Å². The van der Waals surface area contributed by atoms with E-state index in [1.807, 2.05) is 63.6 Å². The second-order valence-electron chi connectivity index (χ2n) is 18.3. The summed E-state index contributed by atoms with van der Waals surface area (Å²) in [5, 5.41) is 7.46. The van der Waals surface area contributed by atoms with E-state index in [1.165, 1.54) is 14.2 Å². The van der Waals surface area contributed by atoms with Crippen LogP contribution in [0.25, 0.3) is 44.2 Å². The van der Waals surface area contributed by atoms with E-state index in [4.69, 9.17) is 24.2 Å². The number of imidazole rings is 2. The first-order valence-corrected chi connectivity index (χ1v) is 21.2. The first-order valence-electron chi connectivity index (χ1n) is 21.2. The third-order valence-electron chi connectivity index (χ3n) is 12.6. The number of likely N-dealkylation sites (tertiary alicyclic amines) is 2. The van der Waals surface area contributed by atoms with Crippen LogP contribution in [0.4, 0.5) is 9.59 Å². The standard InChI is InChI=1S/C46H56N8O7/c1-23(2)37(51-44(57)59-8)42(55)54-25(4)10-15-34(54)40-47-20-33(49-40)27-11-13-29-28(17-27)22-61-36-19-30-26(18-31(29)36)12-14-32-38(30)50-41(48-32)35-16-24(3)21-53(35)43(56)39(46(5,6)7)52-45(58)60-9/h11-14,17-20,23-25,34-35,37,39H,10,15-16,21-22H2,1-9H3,(H,47,49)(H,48,50)(H,51,57)(H,52,58). The molecule has 0 radical (unpaired) electrons. The van der Waals surface area contributed by atoms with Gasteiger partial charge in [-0.3, -0.25) is 9.59 Å². The summed E-state index contributed by atoms with van der Waals surface area (Å²) in [5.41, 5.74) is 6.03. The lowest BCUT2D eigenvalue weighted by molar-refractivity contribution is -0.138. The number of aromatic amines is 2. The second-order valence-corrected chi connectivity index (χ2v) is 18.3. The van der Waals surface area contributed by atoms with Crippen LogP contribution in [0.2, 0.25) is 0 Å². The quantitative estimate of drug-likeness (QED) is 0.121. The average Bonchev–Trinajstić information content (AvgIpc) is 4.05. The number of ether oxygens (including phenoxy) is 3. The molecule has 0 aliphatic carbocycles. The average molecular weight is 833 g/mol. The summed E-state index contributed by atoms with van der Waals surface area (Å²) in [6.07, 6.45) is 2.85. The van der Waals surface area contributed by atoms with E-state index >= 15 is 0 Å². The molecule has 6 atom stereocenters. The fraction of sp³-hybridized carbons (Fsp3) is 0.478. The van der Waals surface area contributed by atoms with E-state index in [-0.39, 0.29) is 41.8 Å². The van der Waals surface area contributed by atoms with E-state index in [0.717, 1.165) is 74.8 Å².